The first kappa shape index (κ1) is 17.5. The van der Waals surface area contributed by atoms with Gasteiger partial charge in [-0.15, -0.1) is 5.69 Å². The number of pyridine rings is 1. The van der Waals surface area contributed by atoms with E-state index in [4.69, 9.17) is 0 Å². The molecular weight excluding hydrogens is 340 g/mol. The monoisotopic (exact) mass is 359 g/mol. The summed E-state index contributed by atoms with van der Waals surface area (Å²) in [5.41, 5.74) is 1.63. The van der Waals surface area contributed by atoms with Gasteiger partial charge in [-0.1, -0.05) is 6.92 Å². The molecule has 0 bridgehead atoms. The predicted octanol–water partition coefficient (Wildman–Crippen LogP) is -2.74. The second-order valence-electron chi connectivity index (χ2n) is 6.19. The summed E-state index contributed by atoms with van der Waals surface area (Å²) in [6.45, 7) is 7.35. The molecule has 2 fully saturated rings. The van der Waals surface area contributed by atoms with Gasteiger partial charge in [0.05, 0.1) is 5.56 Å². The summed E-state index contributed by atoms with van der Waals surface area (Å²) in [6.07, 6.45) is 0. The van der Waals surface area contributed by atoms with E-state index in [0.717, 1.165) is 31.7 Å². The van der Waals surface area contributed by atoms with Gasteiger partial charge < -0.3 is 19.6 Å². The normalized spacial score (nSPS) is 24.8. The third kappa shape index (κ3) is 3.42. The Morgan fingerprint density at radius 1 is 1.19 bits per heavy atom. The molecule has 0 aliphatic carbocycles. The van der Waals surface area contributed by atoms with Crippen molar-refractivity contribution in [3.63, 3.8) is 0 Å². The van der Waals surface area contributed by atoms with E-state index in [2.05, 4.69) is 16.9 Å². The maximum Gasteiger partial charge on any atom is 1.00 e. The molecule has 0 spiro atoms. The zero-order chi connectivity index (χ0) is 14.4. The standard InChI is InChI=1S/C15H21N3O2.Rb/c1-9-4-13(19)16-10(2)14(9)15(20)18-7-11-5-17(3)6-12(11)8-18;/h4,11-12H,5-8H2,1-3H3,(H,16,19,20);/q;+1/p-1. The van der Waals surface area contributed by atoms with Gasteiger partial charge in [0.1, 0.15) is 0 Å². The summed E-state index contributed by atoms with van der Waals surface area (Å²) in [4.78, 5) is 32.2. The molecule has 2 atom stereocenters. The van der Waals surface area contributed by atoms with Crippen molar-refractivity contribution >= 4 is 5.91 Å². The zero-order valence-electron chi connectivity index (χ0n) is 13.2. The van der Waals surface area contributed by atoms with Crippen LogP contribution in [0.5, 0.6) is 0 Å². The van der Waals surface area contributed by atoms with Crippen LogP contribution in [0.25, 0.3) is 0 Å². The summed E-state index contributed by atoms with van der Waals surface area (Å²) >= 11 is 0. The summed E-state index contributed by atoms with van der Waals surface area (Å²) in [5, 5.41) is 0. The summed E-state index contributed by atoms with van der Waals surface area (Å²) in [6, 6.07) is 1.45. The Hall–Kier alpha value is 0.185. The van der Waals surface area contributed by atoms with Gasteiger partial charge in [0.2, 0.25) is 0 Å². The molecule has 3 rings (SSSR count). The Bertz CT molecular complexity index is 573. The molecule has 1 amide bonds. The number of nitrogens with zero attached hydrogens (tertiary/aromatic N) is 3. The van der Waals surface area contributed by atoms with Gasteiger partial charge in [0.25, 0.3) is 5.91 Å². The van der Waals surface area contributed by atoms with Crippen molar-refractivity contribution in [1.29, 1.82) is 0 Å². The Morgan fingerprint density at radius 3 is 2.29 bits per heavy atom. The number of likely N-dealkylation sites (tertiary alicyclic amines) is 2. The Kier molecular flexibility index (Phi) is 5.63. The first-order valence-electron chi connectivity index (χ1n) is 7.08. The number of fused-ring (bicyclic) bond motifs is 1. The molecule has 0 radical (unpaired) electrons. The van der Waals surface area contributed by atoms with E-state index in [9.17, 15) is 9.59 Å². The topological polar surface area (TPSA) is 54.7 Å². The van der Waals surface area contributed by atoms with Crippen LogP contribution in [0.2, 0.25) is 0 Å². The fraction of sp³-hybridized carbons (Fsp3) is 0.600. The van der Waals surface area contributed by atoms with Crippen molar-refractivity contribution in [2.24, 2.45) is 11.8 Å². The van der Waals surface area contributed by atoms with Crippen molar-refractivity contribution < 1.29 is 63.0 Å². The maximum absolute atomic E-state index is 12.7. The average molecular weight is 360 g/mol. The number of rotatable bonds is 1. The van der Waals surface area contributed by atoms with Crippen LogP contribution in [-0.2, 0) is 0 Å². The molecule has 21 heavy (non-hydrogen) atoms. The third-order valence-electron chi connectivity index (χ3n) is 4.54. The molecule has 2 saturated heterocycles. The van der Waals surface area contributed by atoms with Gasteiger partial charge in [-0.2, -0.15) is 0 Å². The van der Waals surface area contributed by atoms with Crippen LogP contribution in [0.1, 0.15) is 21.6 Å². The van der Waals surface area contributed by atoms with E-state index in [1.807, 2.05) is 11.8 Å². The number of hydrogen-bond acceptors (Lipinski definition) is 3. The van der Waals surface area contributed by atoms with Crippen LogP contribution in [-0.4, -0.2) is 48.9 Å². The minimum atomic E-state index is -0.267. The molecule has 1 aromatic rings. The molecule has 3 heterocycles. The molecule has 0 aromatic carbocycles. The van der Waals surface area contributed by atoms with Gasteiger partial charge in [-0.25, -0.2) is 0 Å². The Morgan fingerprint density at radius 2 is 1.76 bits per heavy atom. The maximum atomic E-state index is 12.7. The fourth-order valence-electron chi connectivity index (χ4n) is 3.67. The van der Waals surface area contributed by atoms with E-state index < -0.39 is 0 Å². The van der Waals surface area contributed by atoms with E-state index >= 15 is 0 Å². The minimum Gasteiger partial charge on any atom is -0.626 e. The SMILES string of the molecule is Cc1cc(=O)[n-]c(C)c1C(=O)N1CC2CN(C)CC2C1.[Rb+]. The van der Waals surface area contributed by atoms with E-state index in [1.54, 1.807) is 6.92 Å². The number of hydrogen-bond donors (Lipinski definition) is 0. The van der Waals surface area contributed by atoms with Crippen LogP contribution in [0, 0.1) is 25.7 Å². The molecule has 0 N–H and O–H groups in total. The first-order valence-corrected chi connectivity index (χ1v) is 7.08. The summed E-state index contributed by atoms with van der Waals surface area (Å²) in [7, 11) is 2.13. The Balaban J connectivity index is 0.00000161. The van der Waals surface area contributed by atoms with Gasteiger partial charge in [0.15, 0.2) is 0 Å². The number of amides is 1. The number of carbonyl (C=O) groups excluding carboxylic acids is 1. The largest absolute Gasteiger partial charge is 1.00 e. The van der Waals surface area contributed by atoms with E-state index in [-0.39, 0.29) is 69.7 Å². The van der Waals surface area contributed by atoms with Crippen LogP contribution >= 0.6 is 0 Å². The van der Waals surface area contributed by atoms with E-state index in [0.29, 0.717) is 23.1 Å². The third-order valence-corrected chi connectivity index (χ3v) is 4.54. The van der Waals surface area contributed by atoms with Gasteiger partial charge in [-0.3, -0.25) is 4.79 Å². The van der Waals surface area contributed by atoms with Gasteiger partial charge in [-0.05, 0) is 37.4 Å². The first-order chi connectivity index (χ1) is 9.45. The number of carbonyl (C=O) groups is 1. The molecule has 1 aromatic heterocycles. The molecule has 2 unspecified atom stereocenters. The smallest absolute Gasteiger partial charge is 0.626 e. The predicted molar refractivity (Wildman–Crippen MR) is 75.9 cm³/mol. The van der Waals surface area contributed by atoms with Crippen molar-refractivity contribution in [3.05, 3.63) is 33.2 Å². The van der Waals surface area contributed by atoms with Crippen molar-refractivity contribution in [3.8, 4) is 0 Å². The Labute approximate surface area is 173 Å². The minimum absolute atomic E-state index is 0. The summed E-state index contributed by atoms with van der Waals surface area (Å²) in [5.74, 6) is 1.22. The molecule has 2 aliphatic rings. The quantitative estimate of drug-likeness (QED) is 0.546. The van der Waals surface area contributed by atoms with Gasteiger partial charge in [0, 0.05) is 31.7 Å². The molecular formula is C15H20N3O2Rb. The van der Waals surface area contributed by atoms with Crippen molar-refractivity contribution in [2.45, 2.75) is 13.8 Å². The van der Waals surface area contributed by atoms with Crippen LogP contribution < -0.4 is 68.7 Å². The number of aromatic nitrogens is 1. The van der Waals surface area contributed by atoms with Gasteiger partial charge >= 0.3 is 58.2 Å². The zero-order valence-corrected chi connectivity index (χ0v) is 18.1. The summed E-state index contributed by atoms with van der Waals surface area (Å²) < 4.78 is 0. The molecule has 108 valence electrons. The second-order valence-corrected chi connectivity index (χ2v) is 6.19. The molecule has 6 heteroatoms. The number of aryl methyl sites for hydroxylation is 2. The van der Waals surface area contributed by atoms with Crippen molar-refractivity contribution in [2.75, 3.05) is 33.2 Å². The molecule has 2 aliphatic heterocycles. The average Bonchev–Trinajstić information content (AvgIpc) is 2.84. The van der Waals surface area contributed by atoms with Crippen LogP contribution in [0.4, 0.5) is 0 Å². The van der Waals surface area contributed by atoms with Crippen LogP contribution in [0.15, 0.2) is 10.9 Å². The molecule has 5 nitrogen and oxygen atoms in total. The van der Waals surface area contributed by atoms with Crippen molar-refractivity contribution in [1.82, 2.24) is 14.8 Å². The second kappa shape index (κ2) is 6.75. The van der Waals surface area contributed by atoms with E-state index in [1.165, 1.54) is 6.07 Å². The fourth-order valence-corrected chi connectivity index (χ4v) is 3.67. The molecule has 0 saturated carbocycles. The van der Waals surface area contributed by atoms with Crippen LogP contribution in [0.3, 0.4) is 0 Å².